The largest absolute Gasteiger partial charge is 0.440 e. The van der Waals surface area contributed by atoms with E-state index in [0.717, 1.165) is 5.56 Å². The summed E-state index contributed by atoms with van der Waals surface area (Å²) < 4.78 is 10.1. The number of nitrogens with zero attached hydrogens (tertiary/aromatic N) is 1. The van der Waals surface area contributed by atoms with Gasteiger partial charge < -0.3 is 9.47 Å². The highest BCUT2D eigenvalue weighted by Crippen LogP contribution is 2.04. The molecule has 0 bridgehead atoms. The molecule has 0 spiro atoms. The number of benzene rings is 1. The summed E-state index contributed by atoms with van der Waals surface area (Å²) in [6.45, 7) is -0.122. The summed E-state index contributed by atoms with van der Waals surface area (Å²) in [5.41, 5.74) is 0.917. The van der Waals surface area contributed by atoms with Crippen molar-refractivity contribution in [2.45, 2.75) is 6.42 Å². The lowest BCUT2D eigenvalue weighted by Gasteiger charge is -2.06. The maximum atomic E-state index is 11.5. The molecule has 4 heteroatoms. The van der Waals surface area contributed by atoms with E-state index in [2.05, 4.69) is 4.98 Å². The number of pyridine rings is 1. The van der Waals surface area contributed by atoms with Gasteiger partial charge in [0.05, 0.1) is 6.42 Å². The van der Waals surface area contributed by atoms with E-state index < -0.39 is 0 Å². The number of hydrogen-bond donors (Lipinski definition) is 0. The first kappa shape index (κ1) is 12.1. The molecule has 1 heterocycles. The van der Waals surface area contributed by atoms with Gasteiger partial charge in [0, 0.05) is 12.3 Å². The van der Waals surface area contributed by atoms with E-state index in [1.165, 1.54) is 0 Å². The third-order valence-corrected chi connectivity index (χ3v) is 2.26. The Hall–Kier alpha value is -2.36. The first-order valence-electron chi connectivity index (χ1n) is 5.58. The second kappa shape index (κ2) is 6.39. The van der Waals surface area contributed by atoms with Crippen LogP contribution in [0.1, 0.15) is 5.56 Å². The fraction of sp³-hybridized carbons (Fsp3) is 0.143. The van der Waals surface area contributed by atoms with E-state index in [4.69, 9.17) is 9.47 Å². The van der Waals surface area contributed by atoms with E-state index in [-0.39, 0.29) is 19.2 Å². The number of esters is 1. The molecule has 0 amide bonds. The molecule has 0 atom stereocenters. The Labute approximate surface area is 105 Å². The first-order valence-corrected chi connectivity index (χ1v) is 5.58. The van der Waals surface area contributed by atoms with Gasteiger partial charge in [0.2, 0.25) is 12.7 Å². The quantitative estimate of drug-likeness (QED) is 0.596. The van der Waals surface area contributed by atoms with Crippen molar-refractivity contribution >= 4 is 5.97 Å². The van der Waals surface area contributed by atoms with Crippen LogP contribution in [0.15, 0.2) is 54.7 Å². The van der Waals surface area contributed by atoms with Crippen LogP contribution in [0.25, 0.3) is 0 Å². The van der Waals surface area contributed by atoms with Crippen molar-refractivity contribution in [2.75, 3.05) is 6.79 Å². The Balaban J connectivity index is 1.73. The summed E-state index contributed by atoms with van der Waals surface area (Å²) in [5.74, 6) is 0.113. The van der Waals surface area contributed by atoms with Crippen LogP contribution >= 0.6 is 0 Å². The average molecular weight is 243 g/mol. The van der Waals surface area contributed by atoms with Crippen LogP contribution in [0.5, 0.6) is 5.88 Å². The van der Waals surface area contributed by atoms with E-state index in [9.17, 15) is 4.79 Å². The van der Waals surface area contributed by atoms with Gasteiger partial charge in [-0.25, -0.2) is 4.98 Å². The summed E-state index contributed by atoms with van der Waals surface area (Å²) in [4.78, 5) is 15.4. The van der Waals surface area contributed by atoms with Gasteiger partial charge in [-0.1, -0.05) is 36.4 Å². The first-order chi connectivity index (χ1) is 8.84. The van der Waals surface area contributed by atoms with Crippen molar-refractivity contribution in [2.24, 2.45) is 0 Å². The second-order valence-electron chi connectivity index (χ2n) is 3.61. The SMILES string of the molecule is O=C(Cc1ccccc1)OCOc1ccccn1. The molecule has 0 N–H and O–H groups in total. The zero-order valence-corrected chi connectivity index (χ0v) is 9.78. The molecule has 4 nitrogen and oxygen atoms in total. The lowest BCUT2D eigenvalue weighted by atomic mass is 10.2. The van der Waals surface area contributed by atoms with Crippen LogP contribution < -0.4 is 4.74 Å². The van der Waals surface area contributed by atoms with Gasteiger partial charge in [-0.3, -0.25) is 4.79 Å². The van der Waals surface area contributed by atoms with Crippen LogP contribution in [0.2, 0.25) is 0 Å². The van der Waals surface area contributed by atoms with Crippen molar-refractivity contribution < 1.29 is 14.3 Å². The minimum atomic E-state index is -0.322. The minimum Gasteiger partial charge on any atom is -0.440 e. The molecular formula is C14H13NO3. The van der Waals surface area contributed by atoms with Gasteiger partial charge in [-0.15, -0.1) is 0 Å². The highest BCUT2D eigenvalue weighted by Gasteiger charge is 2.04. The molecule has 92 valence electrons. The Kier molecular flexibility index (Phi) is 4.30. The van der Waals surface area contributed by atoms with Crippen LogP contribution in [-0.4, -0.2) is 17.7 Å². The van der Waals surface area contributed by atoms with Crippen molar-refractivity contribution in [3.8, 4) is 5.88 Å². The molecule has 2 aromatic rings. The molecule has 1 aromatic carbocycles. The lowest BCUT2D eigenvalue weighted by Crippen LogP contribution is -2.12. The smallest absolute Gasteiger partial charge is 0.313 e. The Morgan fingerprint density at radius 2 is 1.83 bits per heavy atom. The molecule has 0 saturated heterocycles. The van der Waals surface area contributed by atoms with Gasteiger partial charge >= 0.3 is 5.97 Å². The second-order valence-corrected chi connectivity index (χ2v) is 3.61. The highest BCUT2D eigenvalue weighted by atomic mass is 16.7. The van der Waals surface area contributed by atoms with E-state index in [0.29, 0.717) is 5.88 Å². The fourth-order valence-electron chi connectivity index (χ4n) is 1.40. The monoisotopic (exact) mass is 243 g/mol. The normalized spacial score (nSPS) is 9.78. The maximum absolute atomic E-state index is 11.5. The lowest BCUT2D eigenvalue weighted by molar-refractivity contribution is -0.149. The summed E-state index contributed by atoms with van der Waals surface area (Å²) in [6.07, 6.45) is 1.85. The number of rotatable bonds is 5. The molecule has 0 radical (unpaired) electrons. The van der Waals surface area contributed by atoms with Crippen molar-refractivity contribution in [1.29, 1.82) is 0 Å². The van der Waals surface area contributed by atoms with E-state index in [1.807, 2.05) is 30.3 Å². The molecule has 18 heavy (non-hydrogen) atoms. The molecule has 0 aliphatic heterocycles. The van der Waals surface area contributed by atoms with E-state index >= 15 is 0 Å². The zero-order chi connectivity index (χ0) is 12.6. The molecule has 0 aliphatic rings. The summed E-state index contributed by atoms with van der Waals surface area (Å²) in [5, 5.41) is 0. The highest BCUT2D eigenvalue weighted by molar-refractivity contribution is 5.72. The molecule has 0 aliphatic carbocycles. The summed E-state index contributed by atoms with van der Waals surface area (Å²) >= 11 is 0. The van der Waals surface area contributed by atoms with E-state index in [1.54, 1.807) is 24.4 Å². The minimum absolute atomic E-state index is 0.122. The number of carbonyl (C=O) groups is 1. The number of hydrogen-bond acceptors (Lipinski definition) is 4. The van der Waals surface area contributed by atoms with Gasteiger partial charge in [0.25, 0.3) is 0 Å². The van der Waals surface area contributed by atoms with Gasteiger partial charge in [0.15, 0.2) is 0 Å². The fourth-order valence-corrected chi connectivity index (χ4v) is 1.40. The van der Waals surface area contributed by atoms with Gasteiger partial charge in [0.1, 0.15) is 0 Å². The van der Waals surface area contributed by atoms with Crippen LogP contribution in [0, 0.1) is 0 Å². The summed E-state index contributed by atoms with van der Waals surface area (Å²) in [6, 6.07) is 14.7. The van der Waals surface area contributed by atoms with Crippen LogP contribution in [-0.2, 0) is 16.0 Å². The molecule has 2 rings (SSSR count). The standard InChI is InChI=1S/C14H13NO3/c16-14(10-12-6-2-1-3-7-12)18-11-17-13-8-4-5-9-15-13/h1-9H,10-11H2. The third-order valence-electron chi connectivity index (χ3n) is 2.26. The number of aromatic nitrogens is 1. The molecule has 0 unspecified atom stereocenters. The molecule has 1 aromatic heterocycles. The van der Waals surface area contributed by atoms with Gasteiger partial charge in [-0.05, 0) is 11.6 Å². The topological polar surface area (TPSA) is 48.4 Å². The van der Waals surface area contributed by atoms with Crippen molar-refractivity contribution in [3.63, 3.8) is 0 Å². The Morgan fingerprint density at radius 3 is 2.56 bits per heavy atom. The number of carbonyl (C=O) groups excluding carboxylic acids is 1. The average Bonchev–Trinajstić information content (AvgIpc) is 2.41. The number of ether oxygens (including phenoxy) is 2. The van der Waals surface area contributed by atoms with Crippen LogP contribution in [0.4, 0.5) is 0 Å². The zero-order valence-electron chi connectivity index (χ0n) is 9.78. The summed E-state index contributed by atoms with van der Waals surface area (Å²) in [7, 11) is 0. The third kappa shape index (κ3) is 3.90. The predicted octanol–water partition coefficient (Wildman–Crippen LogP) is 2.20. The predicted molar refractivity (Wildman–Crippen MR) is 66.0 cm³/mol. The molecule has 0 fully saturated rings. The van der Waals surface area contributed by atoms with Gasteiger partial charge in [-0.2, -0.15) is 0 Å². The Bertz CT molecular complexity index is 485. The Morgan fingerprint density at radius 1 is 1.06 bits per heavy atom. The maximum Gasteiger partial charge on any atom is 0.313 e. The van der Waals surface area contributed by atoms with Crippen molar-refractivity contribution in [3.05, 3.63) is 60.3 Å². The molecule has 0 saturated carbocycles. The van der Waals surface area contributed by atoms with Crippen LogP contribution in [0.3, 0.4) is 0 Å². The van der Waals surface area contributed by atoms with Crippen molar-refractivity contribution in [1.82, 2.24) is 4.98 Å². The molecular weight excluding hydrogens is 230 g/mol.